The van der Waals surface area contributed by atoms with E-state index in [2.05, 4.69) is 24.2 Å². The summed E-state index contributed by atoms with van der Waals surface area (Å²) in [7, 11) is 0. The Labute approximate surface area is 115 Å². The van der Waals surface area contributed by atoms with Crippen LogP contribution in [0, 0.1) is 0 Å². The fraction of sp³-hybridized carbons (Fsp3) is 0.846. The van der Waals surface area contributed by atoms with Crippen LogP contribution in [0.5, 0.6) is 0 Å². The van der Waals surface area contributed by atoms with E-state index in [1.807, 2.05) is 18.7 Å². The van der Waals surface area contributed by atoms with Gasteiger partial charge in [-0.2, -0.15) is 0 Å². The Morgan fingerprint density at radius 2 is 1.94 bits per heavy atom. The van der Waals surface area contributed by atoms with Crippen LogP contribution in [0.2, 0.25) is 0 Å². The number of thioether (sulfide) groups is 1. The molecule has 0 aromatic rings. The second-order valence-corrected chi connectivity index (χ2v) is 5.55. The highest BCUT2D eigenvalue weighted by Crippen LogP contribution is 2.28. The van der Waals surface area contributed by atoms with Crippen molar-refractivity contribution >= 4 is 22.8 Å². The highest BCUT2D eigenvalue weighted by atomic mass is 32.2. The van der Waals surface area contributed by atoms with Crippen molar-refractivity contribution in [2.45, 2.75) is 46.1 Å². The standard InChI is InChI=1S/C13H25N3OS/c1-5-13(6-2)10-18-12(15-13)14-9-11(17)16(7-3)8-4/h5-10H2,1-4H3,(H,14,15). The Balaban J connectivity index is 2.52. The van der Waals surface area contributed by atoms with Crippen LogP contribution in [0.1, 0.15) is 40.5 Å². The SMILES string of the molecule is CCN(CC)C(=O)CN=C1NC(CC)(CC)CS1. The van der Waals surface area contributed by atoms with Gasteiger partial charge in [0, 0.05) is 24.4 Å². The molecule has 1 aliphatic heterocycles. The minimum atomic E-state index is 0.111. The Bertz CT molecular complexity index is 309. The minimum Gasteiger partial charge on any atom is -0.359 e. The van der Waals surface area contributed by atoms with E-state index in [9.17, 15) is 4.79 Å². The van der Waals surface area contributed by atoms with Gasteiger partial charge >= 0.3 is 0 Å². The largest absolute Gasteiger partial charge is 0.359 e. The molecule has 0 unspecified atom stereocenters. The Hall–Kier alpha value is -0.710. The van der Waals surface area contributed by atoms with E-state index in [4.69, 9.17) is 0 Å². The number of carbonyl (C=O) groups excluding carboxylic acids is 1. The Morgan fingerprint density at radius 3 is 2.39 bits per heavy atom. The van der Waals surface area contributed by atoms with Crippen LogP contribution < -0.4 is 5.32 Å². The van der Waals surface area contributed by atoms with E-state index in [1.54, 1.807) is 11.8 Å². The summed E-state index contributed by atoms with van der Waals surface area (Å²) in [5.74, 6) is 1.17. The number of likely N-dealkylation sites (N-methyl/N-ethyl adjacent to an activating group) is 1. The zero-order valence-corrected chi connectivity index (χ0v) is 12.8. The predicted octanol–water partition coefficient (Wildman–Crippen LogP) is 2.11. The van der Waals surface area contributed by atoms with E-state index in [-0.39, 0.29) is 18.0 Å². The maximum atomic E-state index is 11.8. The van der Waals surface area contributed by atoms with Crippen LogP contribution in [-0.2, 0) is 4.79 Å². The maximum Gasteiger partial charge on any atom is 0.244 e. The molecule has 0 aliphatic carbocycles. The van der Waals surface area contributed by atoms with Gasteiger partial charge in [0.15, 0.2) is 5.17 Å². The first kappa shape index (κ1) is 15.3. The molecule has 0 spiro atoms. The van der Waals surface area contributed by atoms with Gasteiger partial charge in [0.1, 0.15) is 6.54 Å². The molecule has 4 nitrogen and oxygen atoms in total. The van der Waals surface area contributed by atoms with Gasteiger partial charge in [-0.05, 0) is 26.7 Å². The van der Waals surface area contributed by atoms with Crippen molar-refractivity contribution in [1.82, 2.24) is 10.2 Å². The molecule has 104 valence electrons. The molecule has 1 amide bonds. The van der Waals surface area contributed by atoms with Gasteiger partial charge in [-0.3, -0.25) is 9.79 Å². The summed E-state index contributed by atoms with van der Waals surface area (Å²) < 4.78 is 0. The predicted molar refractivity (Wildman–Crippen MR) is 79.1 cm³/mol. The van der Waals surface area contributed by atoms with Crippen molar-refractivity contribution in [2.24, 2.45) is 4.99 Å². The lowest BCUT2D eigenvalue weighted by atomic mass is 9.96. The molecule has 1 saturated heterocycles. The summed E-state index contributed by atoms with van der Waals surface area (Å²) in [6, 6.07) is 0. The number of hydrogen-bond acceptors (Lipinski definition) is 3. The lowest BCUT2D eigenvalue weighted by Crippen LogP contribution is -2.42. The molecule has 0 atom stereocenters. The van der Waals surface area contributed by atoms with Crippen LogP contribution in [-0.4, -0.2) is 46.9 Å². The number of aliphatic imine (C=N–C) groups is 1. The van der Waals surface area contributed by atoms with Crippen LogP contribution in [0.25, 0.3) is 0 Å². The number of amides is 1. The first-order valence-corrected chi connectivity index (χ1v) is 7.82. The number of rotatable bonds is 6. The van der Waals surface area contributed by atoms with Gasteiger partial charge < -0.3 is 10.2 Å². The third kappa shape index (κ3) is 3.64. The van der Waals surface area contributed by atoms with Crippen LogP contribution in [0.15, 0.2) is 4.99 Å². The molecule has 5 heteroatoms. The van der Waals surface area contributed by atoms with Gasteiger partial charge in [-0.15, -0.1) is 0 Å². The number of amidine groups is 1. The third-order valence-corrected chi connectivity index (χ3v) is 4.89. The Kier molecular flexibility index (Phi) is 5.99. The smallest absolute Gasteiger partial charge is 0.244 e. The van der Waals surface area contributed by atoms with Gasteiger partial charge in [-0.1, -0.05) is 25.6 Å². The highest BCUT2D eigenvalue weighted by Gasteiger charge is 2.33. The van der Waals surface area contributed by atoms with E-state index in [1.165, 1.54) is 0 Å². The van der Waals surface area contributed by atoms with Crippen LogP contribution in [0.3, 0.4) is 0 Å². The number of nitrogens with one attached hydrogen (secondary N) is 1. The zero-order valence-electron chi connectivity index (χ0n) is 12.0. The quantitative estimate of drug-likeness (QED) is 0.804. The summed E-state index contributed by atoms with van der Waals surface area (Å²) >= 11 is 1.74. The lowest BCUT2D eigenvalue weighted by Gasteiger charge is -2.25. The van der Waals surface area contributed by atoms with E-state index < -0.39 is 0 Å². The third-order valence-electron chi connectivity index (χ3n) is 3.68. The molecule has 0 radical (unpaired) electrons. The fourth-order valence-corrected chi connectivity index (χ4v) is 3.38. The average Bonchev–Trinajstić information content (AvgIpc) is 2.82. The minimum absolute atomic E-state index is 0.111. The number of hydrogen-bond donors (Lipinski definition) is 1. The van der Waals surface area contributed by atoms with Crippen LogP contribution >= 0.6 is 11.8 Å². The van der Waals surface area contributed by atoms with Crippen molar-refractivity contribution in [2.75, 3.05) is 25.4 Å². The van der Waals surface area contributed by atoms with E-state index in [0.29, 0.717) is 0 Å². The molecule has 1 heterocycles. The first-order chi connectivity index (χ1) is 8.60. The van der Waals surface area contributed by atoms with Crippen molar-refractivity contribution in [3.05, 3.63) is 0 Å². The summed E-state index contributed by atoms with van der Waals surface area (Å²) in [5.41, 5.74) is 0.182. The lowest BCUT2D eigenvalue weighted by molar-refractivity contribution is -0.129. The van der Waals surface area contributed by atoms with Crippen LogP contribution in [0.4, 0.5) is 0 Å². The second-order valence-electron chi connectivity index (χ2n) is 4.59. The molecule has 1 rings (SSSR count). The monoisotopic (exact) mass is 271 g/mol. The Morgan fingerprint density at radius 1 is 1.33 bits per heavy atom. The second kappa shape index (κ2) is 7.02. The molecule has 0 saturated carbocycles. The van der Waals surface area contributed by atoms with Crippen molar-refractivity contribution < 1.29 is 4.79 Å². The summed E-state index contributed by atoms with van der Waals surface area (Å²) in [6.07, 6.45) is 2.19. The van der Waals surface area contributed by atoms with Crippen molar-refractivity contribution in [3.8, 4) is 0 Å². The molecular formula is C13H25N3OS. The number of carbonyl (C=O) groups is 1. The normalized spacial score (nSPS) is 19.9. The van der Waals surface area contributed by atoms with Crippen molar-refractivity contribution in [1.29, 1.82) is 0 Å². The molecule has 18 heavy (non-hydrogen) atoms. The highest BCUT2D eigenvalue weighted by molar-refractivity contribution is 8.14. The molecule has 1 N–H and O–H groups in total. The molecule has 1 aliphatic rings. The number of nitrogens with zero attached hydrogens (tertiary/aromatic N) is 2. The van der Waals surface area contributed by atoms with E-state index in [0.717, 1.165) is 36.9 Å². The van der Waals surface area contributed by atoms with E-state index >= 15 is 0 Å². The topological polar surface area (TPSA) is 44.7 Å². The van der Waals surface area contributed by atoms with Gasteiger partial charge in [0.25, 0.3) is 0 Å². The molecule has 0 bridgehead atoms. The fourth-order valence-electron chi connectivity index (χ4n) is 2.04. The zero-order chi connectivity index (χ0) is 13.6. The van der Waals surface area contributed by atoms with Gasteiger partial charge in [-0.25, -0.2) is 0 Å². The average molecular weight is 271 g/mol. The molecular weight excluding hydrogens is 246 g/mol. The maximum absolute atomic E-state index is 11.8. The van der Waals surface area contributed by atoms with Gasteiger partial charge in [0.05, 0.1) is 0 Å². The first-order valence-electron chi connectivity index (χ1n) is 6.84. The summed E-state index contributed by atoms with van der Waals surface area (Å²) in [5, 5.41) is 4.41. The van der Waals surface area contributed by atoms with Gasteiger partial charge in [0.2, 0.25) is 5.91 Å². The van der Waals surface area contributed by atoms with Crippen molar-refractivity contribution in [3.63, 3.8) is 0 Å². The summed E-state index contributed by atoms with van der Waals surface area (Å²) in [4.78, 5) is 18.1. The summed E-state index contributed by atoms with van der Waals surface area (Å²) in [6.45, 7) is 10.2. The molecule has 0 aromatic carbocycles. The molecule has 1 fully saturated rings. The molecule has 0 aromatic heterocycles.